The molecule has 0 aromatic carbocycles. The zero-order valence-electron chi connectivity index (χ0n) is 22.4. The summed E-state index contributed by atoms with van der Waals surface area (Å²) in [5.41, 5.74) is 1.55. The monoisotopic (exact) mass is 470 g/mol. The predicted octanol–water partition coefficient (Wildman–Crippen LogP) is 6.58. The van der Waals surface area contributed by atoms with Crippen LogP contribution in [0.4, 0.5) is 0 Å². The molecule has 3 saturated carbocycles. The van der Waals surface area contributed by atoms with Crippen molar-refractivity contribution >= 4 is 11.8 Å². The summed E-state index contributed by atoms with van der Waals surface area (Å²) >= 11 is 0. The molecule has 4 heteroatoms. The van der Waals surface area contributed by atoms with Gasteiger partial charge in [-0.25, -0.2) is 4.79 Å². The van der Waals surface area contributed by atoms with Crippen LogP contribution < -0.4 is 0 Å². The summed E-state index contributed by atoms with van der Waals surface area (Å²) < 4.78 is 0. The zero-order valence-corrected chi connectivity index (χ0v) is 22.4. The van der Waals surface area contributed by atoms with E-state index in [4.69, 9.17) is 5.11 Å². The number of aliphatic carboxylic acids is 1. The van der Waals surface area contributed by atoms with Crippen LogP contribution in [0.1, 0.15) is 99.8 Å². The minimum atomic E-state index is -0.842. The van der Waals surface area contributed by atoms with Gasteiger partial charge in [-0.1, -0.05) is 59.3 Å². The van der Waals surface area contributed by atoms with Crippen LogP contribution in [-0.2, 0) is 9.59 Å². The Morgan fingerprint density at radius 2 is 1.88 bits per heavy atom. The number of fused-ring (bicyclic) bond motifs is 5. The largest absolute Gasteiger partial charge is 0.478 e. The van der Waals surface area contributed by atoms with Crippen molar-refractivity contribution in [3.63, 3.8) is 0 Å². The van der Waals surface area contributed by atoms with E-state index in [0.29, 0.717) is 41.4 Å². The van der Waals surface area contributed by atoms with Crippen molar-refractivity contribution in [2.75, 3.05) is 0 Å². The Morgan fingerprint density at radius 1 is 1.21 bits per heavy atom. The maximum Gasteiger partial charge on any atom is 0.330 e. The topological polar surface area (TPSA) is 74.6 Å². The standard InChI is InChI=1S/C30H46O4/c1-18(9-8-10-19(2)26(33)34)20-13-16-29(6)21-11-12-23-27(3,4)24(31)14-15-28(23,5)22(21)17-25(32)30(20,29)7/h10-11,18,20,22-23,25,32H,8-9,12-17H2,1-7H3,(H,33,34)/b19-10+/t18-,20-,22+,23+,25+,28-,29+,30+/m1/s1. The molecule has 0 bridgehead atoms. The van der Waals surface area contributed by atoms with Crippen molar-refractivity contribution in [2.45, 2.75) is 106 Å². The average molecular weight is 471 g/mol. The Bertz CT molecular complexity index is 928. The molecular formula is C30H46O4. The Morgan fingerprint density at radius 3 is 2.53 bits per heavy atom. The van der Waals surface area contributed by atoms with Crippen molar-refractivity contribution in [2.24, 2.45) is 45.3 Å². The fraction of sp³-hybridized carbons (Fsp3) is 0.800. The SMILES string of the molecule is C/C(=C\CC[C@@H](C)[C@H]1CC[C@@]2(C)C3=CC[C@H]4C(C)(C)C(=O)CC[C@]4(C)[C@H]3C[C@H](O)[C@]12C)C(=O)O. The van der Waals surface area contributed by atoms with Crippen LogP contribution in [0.3, 0.4) is 0 Å². The second-order valence-corrected chi connectivity index (χ2v) is 13.4. The van der Waals surface area contributed by atoms with Gasteiger partial charge < -0.3 is 10.2 Å². The molecule has 0 aliphatic heterocycles. The fourth-order valence-corrected chi connectivity index (χ4v) is 9.31. The Labute approximate surface area is 206 Å². The third kappa shape index (κ3) is 3.41. The molecular weight excluding hydrogens is 424 g/mol. The molecule has 0 heterocycles. The number of aliphatic hydroxyl groups excluding tert-OH is 1. The van der Waals surface area contributed by atoms with E-state index in [2.05, 4.69) is 47.6 Å². The second kappa shape index (κ2) is 8.32. The van der Waals surface area contributed by atoms with Gasteiger partial charge >= 0.3 is 5.97 Å². The molecule has 4 aliphatic carbocycles. The van der Waals surface area contributed by atoms with Crippen molar-refractivity contribution in [3.05, 3.63) is 23.3 Å². The summed E-state index contributed by atoms with van der Waals surface area (Å²) in [6.45, 7) is 15.4. The maximum atomic E-state index is 12.8. The molecule has 3 fully saturated rings. The summed E-state index contributed by atoms with van der Waals surface area (Å²) in [7, 11) is 0. The number of carbonyl (C=O) groups is 2. The number of carbonyl (C=O) groups excluding carboxylic acids is 1. The Hall–Kier alpha value is -1.42. The summed E-state index contributed by atoms with van der Waals surface area (Å²) in [4.78, 5) is 24.0. The van der Waals surface area contributed by atoms with Crippen LogP contribution in [0.15, 0.2) is 23.3 Å². The summed E-state index contributed by atoms with van der Waals surface area (Å²) in [6.07, 6.45) is 11.3. The number of aliphatic hydroxyl groups is 1. The van der Waals surface area contributed by atoms with Gasteiger partial charge in [0.2, 0.25) is 0 Å². The van der Waals surface area contributed by atoms with Gasteiger partial charge in [-0.15, -0.1) is 0 Å². The lowest BCUT2D eigenvalue weighted by Gasteiger charge is -2.64. The van der Waals surface area contributed by atoms with Gasteiger partial charge in [0.15, 0.2) is 0 Å². The number of allylic oxidation sites excluding steroid dienone is 3. The molecule has 2 N–H and O–H groups in total. The number of hydrogen-bond donors (Lipinski definition) is 2. The van der Waals surface area contributed by atoms with Crippen LogP contribution in [0, 0.1) is 45.3 Å². The van der Waals surface area contributed by atoms with E-state index in [1.54, 1.807) is 12.5 Å². The number of rotatable bonds is 5. The van der Waals surface area contributed by atoms with Gasteiger partial charge in [-0.05, 0) is 86.4 Å². The number of Topliss-reactive ketones (excluding diaryl/α,β-unsaturated/α-hetero) is 1. The molecule has 4 aliphatic rings. The molecule has 0 saturated heterocycles. The third-order valence-corrected chi connectivity index (χ3v) is 11.8. The van der Waals surface area contributed by atoms with Gasteiger partial charge in [-0.2, -0.15) is 0 Å². The highest BCUT2D eigenvalue weighted by Crippen LogP contribution is 2.73. The summed E-state index contributed by atoms with van der Waals surface area (Å²) in [5.74, 6) is 1.10. The highest BCUT2D eigenvalue weighted by atomic mass is 16.4. The van der Waals surface area contributed by atoms with Crippen molar-refractivity contribution in [1.29, 1.82) is 0 Å². The lowest BCUT2D eigenvalue weighted by molar-refractivity contribution is -0.155. The van der Waals surface area contributed by atoms with Crippen LogP contribution in [0.2, 0.25) is 0 Å². The van der Waals surface area contributed by atoms with Crippen LogP contribution in [0.5, 0.6) is 0 Å². The van der Waals surface area contributed by atoms with Gasteiger partial charge in [0.25, 0.3) is 0 Å². The van der Waals surface area contributed by atoms with Crippen LogP contribution in [0.25, 0.3) is 0 Å². The molecule has 4 rings (SSSR count). The number of hydrogen-bond acceptors (Lipinski definition) is 3. The van der Waals surface area contributed by atoms with Crippen LogP contribution >= 0.6 is 0 Å². The first kappa shape index (κ1) is 25.7. The van der Waals surface area contributed by atoms with Crippen molar-refractivity contribution < 1.29 is 19.8 Å². The van der Waals surface area contributed by atoms with E-state index >= 15 is 0 Å². The van der Waals surface area contributed by atoms with Crippen molar-refractivity contribution in [1.82, 2.24) is 0 Å². The highest BCUT2D eigenvalue weighted by Gasteiger charge is 2.68. The predicted molar refractivity (Wildman–Crippen MR) is 135 cm³/mol. The fourth-order valence-electron chi connectivity index (χ4n) is 9.31. The normalized spacial score (nSPS) is 44.5. The third-order valence-electron chi connectivity index (χ3n) is 11.8. The first-order valence-electron chi connectivity index (χ1n) is 13.5. The van der Waals surface area contributed by atoms with Crippen molar-refractivity contribution in [3.8, 4) is 0 Å². The zero-order chi connectivity index (χ0) is 25.3. The second-order valence-electron chi connectivity index (χ2n) is 13.4. The van der Waals surface area contributed by atoms with Gasteiger partial charge in [0, 0.05) is 22.8 Å². The van der Waals surface area contributed by atoms with E-state index in [0.717, 1.165) is 44.9 Å². The molecule has 0 spiro atoms. The molecule has 4 nitrogen and oxygen atoms in total. The van der Waals surface area contributed by atoms with E-state index in [-0.39, 0.29) is 27.8 Å². The molecule has 8 atom stereocenters. The smallest absolute Gasteiger partial charge is 0.330 e. The number of ketones is 1. The van der Waals surface area contributed by atoms with E-state index < -0.39 is 5.97 Å². The molecule has 0 aromatic heterocycles. The Kier molecular flexibility index (Phi) is 6.28. The van der Waals surface area contributed by atoms with Gasteiger partial charge in [0.1, 0.15) is 5.78 Å². The van der Waals surface area contributed by atoms with E-state index in [9.17, 15) is 14.7 Å². The molecule has 0 unspecified atom stereocenters. The molecule has 190 valence electrons. The first-order valence-corrected chi connectivity index (χ1v) is 13.5. The maximum absolute atomic E-state index is 12.8. The van der Waals surface area contributed by atoms with Gasteiger partial charge in [-0.3, -0.25) is 4.79 Å². The highest BCUT2D eigenvalue weighted by molar-refractivity contribution is 5.86. The first-order chi connectivity index (χ1) is 15.7. The summed E-state index contributed by atoms with van der Waals surface area (Å²) in [6, 6.07) is 0. The molecule has 0 amide bonds. The van der Waals surface area contributed by atoms with Crippen LogP contribution in [-0.4, -0.2) is 28.1 Å². The number of carboxylic acid groups (broad SMARTS) is 1. The van der Waals surface area contributed by atoms with Gasteiger partial charge in [0.05, 0.1) is 6.10 Å². The Balaban J connectivity index is 1.64. The summed E-state index contributed by atoms with van der Waals surface area (Å²) in [5, 5.41) is 21.0. The average Bonchev–Trinajstić information content (AvgIpc) is 3.05. The minimum absolute atomic E-state index is 0.0271. The molecule has 0 radical (unpaired) electrons. The van der Waals surface area contributed by atoms with E-state index in [1.165, 1.54) is 0 Å². The lowest BCUT2D eigenvalue weighted by Crippen LogP contribution is -2.61. The number of carboxylic acids is 1. The lowest BCUT2D eigenvalue weighted by atomic mass is 9.40. The molecule has 0 aromatic rings. The minimum Gasteiger partial charge on any atom is -0.478 e. The molecule has 34 heavy (non-hydrogen) atoms. The van der Waals surface area contributed by atoms with E-state index in [1.807, 2.05) is 6.08 Å². The quantitative estimate of drug-likeness (QED) is 0.352.